The van der Waals surface area contributed by atoms with Crippen LogP contribution in [0, 0.1) is 10.1 Å². The Labute approximate surface area is 143 Å². The monoisotopic (exact) mass is 347 g/mol. The summed E-state index contributed by atoms with van der Waals surface area (Å²) in [6, 6.07) is 5.63. The molecule has 0 fully saturated rings. The second-order valence-electron chi connectivity index (χ2n) is 4.93. The van der Waals surface area contributed by atoms with Crippen LogP contribution < -0.4 is 0 Å². The molecule has 2 rings (SSSR count). The third-order valence-electron chi connectivity index (χ3n) is 3.36. The minimum atomic E-state index is -0.648. The third kappa shape index (κ3) is 4.23. The molecule has 132 valence electrons. The zero-order valence-electron chi connectivity index (χ0n) is 13.8. The van der Waals surface area contributed by atoms with Gasteiger partial charge in [0.1, 0.15) is 6.61 Å². The van der Waals surface area contributed by atoms with Crippen molar-refractivity contribution >= 4 is 23.2 Å². The molecule has 0 saturated heterocycles. The van der Waals surface area contributed by atoms with Crippen molar-refractivity contribution in [3.8, 4) is 0 Å². The van der Waals surface area contributed by atoms with Crippen LogP contribution in [0.15, 0.2) is 41.7 Å². The maximum absolute atomic E-state index is 12.1. The molecule has 0 saturated carbocycles. The molecule has 1 aromatic rings. The van der Waals surface area contributed by atoms with Crippen LogP contribution in [0.5, 0.6) is 0 Å². The van der Waals surface area contributed by atoms with Crippen LogP contribution in [0.2, 0.25) is 0 Å². The van der Waals surface area contributed by atoms with E-state index in [1.807, 2.05) is 0 Å². The number of rotatable bonds is 6. The fourth-order valence-electron chi connectivity index (χ4n) is 2.21. The summed E-state index contributed by atoms with van der Waals surface area (Å²) in [5.41, 5.74) is 1.08. The first-order valence-corrected chi connectivity index (χ1v) is 7.64. The Morgan fingerprint density at radius 3 is 2.28 bits per heavy atom. The first-order chi connectivity index (χ1) is 12.0. The fraction of sp³-hybridized carbons (Fsp3) is 0.294. The van der Waals surface area contributed by atoms with Gasteiger partial charge in [-0.15, -0.1) is 0 Å². The Hall–Kier alpha value is -3.16. The van der Waals surface area contributed by atoms with Crippen molar-refractivity contribution < 1.29 is 28.7 Å². The third-order valence-corrected chi connectivity index (χ3v) is 3.36. The summed E-state index contributed by atoms with van der Waals surface area (Å²) < 4.78 is 15.2. The van der Waals surface area contributed by atoms with Crippen LogP contribution in [-0.4, -0.2) is 36.7 Å². The standard InChI is InChI=1S/C17H17NO7/c1-3-23-16(19)14-10-25-15(17(20)24-4-2)9-13(14)11-5-7-12(8-6-11)18(21)22/h5-9H,3-4,10H2,1-2H3. The maximum atomic E-state index is 12.1. The molecule has 1 aliphatic rings. The summed E-state index contributed by atoms with van der Waals surface area (Å²) in [6.45, 7) is 3.55. The Bertz CT molecular complexity index is 747. The number of nitro benzene ring substituents is 1. The number of esters is 2. The topological polar surface area (TPSA) is 105 Å². The van der Waals surface area contributed by atoms with E-state index in [9.17, 15) is 19.7 Å². The molecule has 25 heavy (non-hydrogen) atoms. The van der Waals surface area contributed by atoms with Gasteiger partial charge in [-0.1, -0.05) is 0 Å². The van der Waals surface area contributed by atoms with Gasteiger partial charge in [0.15, 0.2) is 0 Å². The summed E-state index contributed by atoms with van der Waals surface area (Å²) in [5, 5.41) is 10.8. The second kappa shape index (κ2) is 8.09. The van der Waals surface area contributed by atoms with Crippen LogP contribution in [0.1, 0.15) is 19.4 Å². The van der Waals surface area contributed by atoms with E-state index >= 15 is 0 Å². The first-order valence-electron chi connectivity index (χ1n) is 7.64. The lowest BCUT2D eigenvalue weighted by atomic mass is 9.97. The molecule has 0 amide bonds. The van der Waals surface area contributed by atoms with E-state index in [-0.39, 0.29) is 36.8 Å². The molecule has 0 spiro atoms. The summed E-state index contributed by atoms with van der Waals surface area (Å²) in [7, 11) is 0. The molecule has 1 aromatic carbocycles. The largest absolute Gasteiger partial charge is 0.481 e. The molecule has 1 aliphatic heterocycles. The molecular weight excluding hydrogens is 330 g/mol. The van der Waals surface area contributed by atoms with Gasteiger partial charge < -0.3 is 14.2 Å². The molecule has 0 atom stereocenters. The lowest BCUT2D eigenvalue weighted by Crippen LogP contribution is -2.21. The highest BCUT2D eigenvalue weighted by atomic mass is 16.6. The highest BCUT2D eigenvalue weighted by Crippen LogP contribution is 2.29. The quantitative estimate of drug-likeness (QED) is 0.442. The number of nitrogens with zero attached hydrogens (tertiary/aromatic N) is 1. The van der Waals surface area contributed by atoms with Gasteiger partial charge in [-0.2, -0.15) is 0 Å². The van der Waals surface area contributed by atoms with E-state index in [0.717, 1.165) is 0 Å². The van der Waals surface area contributed by atoms with E-state index in [1.54, 1.807) is 13.8 Å². The van der Waals surface area contributed by atoms with Crippen molar-refractivity contribution in [1.82, 2.24) is 0 Å². The average molecular weight is 347 g/mol. The van der Waals surface area contributed by atoms with Crippen LogP contribution in [-0.2, 0) is 23.8 Å². The lowest BCUT2D eigenvalue weighted by Gasteiger charge is -2.19. The highest BCUT2D eigenvalue weighted by molar-refractivity contribution is 6.03. The van der Waals surface area contributed by atoms with Gasteiger partial charge in [-0.25, -0.2) is 9.59 Å². The molecule has 8 heteroatoms. The normalized spacial score (nSPS) is 13.6. The van der Waals surface area contributed by atoms with Crippen LogP contribution in [0.4, 0.5) is 5.69 Å². The van der Waals surface area contributed by atoms with Gasteiger partial charge in [0, 0.05) is 12.1 Å². The predicted molar refractivity (Wildman–Crippen MR) is 87.3 cm³/mol. The van der Waals surface area contributed by atoms with Gasteiger partial charge in [0.2, 0.25) is 5.76 Å². The van der Waals surface area contributed by atoms with E-state index in [4.69, 9.17) is 14.2 Å². The van der Waals surface area contributed by atoms with Crippen LogP contribution in [0.3, 0.4) is 0 Å². The first kappa shape index (κ1) is 18.2. The SMILES string of the molecule is CCOC(=O)C1=CC(c2ccc([N+](=O)[O-])cc2)=C(C(=O)OCC)CO1. The van der Waals surface area contributed by atoms with Gasteiger partial charge in [0.05, 0.1) is 23.7 Å². The van der Waals surface area contributed by atoms with Crippen molar-refractivity contribution in [3.05, 3.63) is 57.4 Å². The number of nitro groups is 1. The Kier molecular flexibility index (Phi) is 5.89. The van der Waals surface area contributed by atoms with Crippen molar-refractivity contribution in [2.75, 3.05) is 19.8 Å². The zero-order valence-corrected chi connectivity index (χ0v) is 13.8. The Balaban J connectivity index is 2.47. The summed E-state index contributed by atoms with van der Waals surface area (Å²) in [4.78, 5) is 34.3. The zero-order chi connectivity index (χ0) is 18.4. The number of hydrogen-bond donors (Lipinski definition) is 0. The number of non-ortho nitro benzene ring substituents is 1. The molecule has 1 heterocycles. The minimum Gasteiger partial charge on any atom is -0.481 e. The number of allylic oxidation sites excluding steroid dienone is 2. The molecule has 8 nitrogen and oxygen atoms in total. The van der Waals surface area contributed by atoms with Crippen molar-refractivity contribution in [2.24, 2.45) is 0 Å². The van der Waals surface area contributed by atoms with Gasteiger partial charge in [0.25, 0.3) is 5.69 Å². The molecule has 0 radical (unpaired) electrons. The predicted octanol–water partition coefficient (Wildman–Crippen LogP) is 2.39. The second-order valence-corrected chi connectivity index (χ2v) is 4.93. The summed E-state index contributed by atoms with van der Waals surface area (Å²) >= 11 is 0. The number of ether oxygens (including phenoxy) is 3. The Morgan fingerprint density at radius 2 is 1.72 bits per heavy atom. The molecule has 0 bridgehead atoms. The fourth-order valence-corrected chi connectivity index (χ4v) is 2.21. The van der Waals surface area contributed by atoms with Crippen LogP contribution in [0.25, 0.3) is 5.57 Å². The van der Waals surface area contributed by atoms with Crippen molar-refractivity contribution in [2.45, 2.75) is 13.8 Å². The van der Waals surface area contributed by atoms with Gasteiger partial charge >= 0.3 is 11.9 Å². The number of benzene rings is 1. The van der Waals surface area contributed by atoms with Crippen LogP contribution >= 0.6 is 0 Å². The molecular formula is C17H17NO7. The smallest absolute Gasteiger partial charge is 0.373 e. The highest BCUT2D eigenvalue weighted by Gasteiger charge is 2.26. The lowest BCUT2D eigenvalue weighted by molar-refractivity contribution is -0.384. The van der Waals surface area contributed by atoms with E-state index in [2.05, 4.69) is 0 Å². The van der Waals surface area contributed by atoms with Gasteiger partial charge in [-0.05, 0) is 43.2 Å². The minimum absolute atomic E-state index is 0.0387. The molecule has 0 unspecified atom stereocenters. The molecule has 0 aliphatic carbocycles. The summed E-state index contributed by atoms with van der Waals surface area (Å²) in [6.07, 6.45) is 1.38. The van der Waals surface area contributed by atoms with E-state index in [0.29, 0.717) is 11.1 Å². The number of carbonyl (C=O) groups excluding carboxylic acids is 2. The molecule has 0 aromatic heterocycles. The molecule has 0 N–H and O–H groups in total. The van der Waals surface area contributed by atoms with Crippen molar-refractivity contribution in [3.63, 3.8) is 0 Å². The van der Waals surface area contributed by atoms with E-state index in [1.165, 1.54) is 30.3 Å². The average Bonchev–Trinajstić information content (AvgIpc) is 2.61. The van der Waals surface area contributed by atoms with E-state index < -0.39 is 16.9 Å². The number of hydrogen-bond acceptors (Lipinski definition) is 7. The van der Waals surface area contributed by atoms with Crippen molar-refractivity contribution in [1.29, 1.82) is 0 Å². The number of carbonyl (C=O) groups is 2. The maximum Gasteiger partial charge on any atom is 0.373 e. The van der Waals surface area contributed by atoms with Gasteiger partial charge in [-0.3, -0.25) is 10.1 Å². The Morgan fingerprint density at radius 1 is 1.12 bits per heavy atom. The summed E-state index contributed by atoms with van der Waals surface area (Å²) in [5.74, 6) is -1.26.